The Kier molecular flexibility index (Phi) is 7.05. The van der Waals surface area contributed by atoms with E-state index in [1.54, 1.807) is 6.92 Å². The third-order valence-corrected chi connectivity index (χ3v) is 9.95. The summed E-state index contributed by atoms with van der Waals surface area (Å²) in [4.78, 5) is 23.4. The van der Waals surface area contributed by atoms with E-state index < -0.39 is 14.5 Å². The molecule has 0 bridgehead atoms. The quantitative estimate of drug-likeness (QED) is 0.509. The monoisotopic (exact) mass is 358 g/mol. The second kappa shape index (κ2) is 8.00. The molecular weight excluding hydrogens is 324 g/mol. The summed E-state index contributed by atoms with van der Waals surface area (Å²) in [6, 6.07) is 0. The van der Waals surface area contributed by atoms with E-state index in [-0.39, 0.29) is 28.9 Å². The van der Waals surface area contributed by atoms with Crippen molar-refractivity contribution in [2.75, 3.05) is 13.2 Å². The van der Waals surface area contributed by atoms with E-state index in [0.29, 0.717) is 25.9 Å². The van der Waals surface area contributed by atoms with Crippen molar-refractivity contribution in [3.63, 3.8) is 0 Å². The number of hydrogen-bond donors (Lipinski definition) is 0. The number of carbonyl (C=O) groups excluding carboxylic acids is 2. The van der Waals surface area contributed by atoms with Gasteiger partial charge >= 0.3 is 6.16 Å². The first kappa shape index (κ1) is 21.2. The van der Waals surface area contributed by atoms with E-state index in [9.17, 15) is 9.59 Å². The highest BCUT2D eigenvalue weighted by atomic mass is 28.4. The number of rotatable bonds is 6. The Balaban J connectivity index is 2.77. The predicted molar refractivity (Wildman–Crippen MR) is 96.6 cm³/mol. The van der Waals surface area contributed by atoms with Gasteiger partial charge in [0.15, 0.2) is 8.32 Å². The molecule has 0 radical (unpaired) electrons. The maximum Gasteiger partial charge on any atom is 0.508 e. The van der Waals surface area contributed by atoms with Gasteiger partial charge in [-0.05, 0) is 37.9 Å². The highest BCUT2D eigenvalue weighted by molar-refractivity contribution is 6.74. The lowest BCUT2D eigenvalue weighted by Gasteiger charge is -2.47. The van der Waals surface area contributed by atoms with Crippen molar-refractivity contribution in [1.82, 2.24) is 0 Å². The van der Waals surface area contributed by atoms with Crippen LogP contribution in [0.5, 0.6) is 0 Å². The maximum absolute atomic E-state index is 12.0. The van der Waals surface area contributed by atoms with E-state index in [2.05, 4.69) is 40.8 Å². The fraction of sp³-hybridized carbons (Fsp3) is 0.889. The molecule has 2 atom stereocenters. The average Bonchev–Trinajstić information content (AvgIpc) is 2.41. The zero-order valence-corrected chi connectivity index (χ0v) is 17.4. The molecule has 0 amide bonds. The summed E-state index contributed by atoms with van der Waals surface area (Å²) in [5, 5.41) is 0.122. The predicted octanol–water partition coefficient (Wildman–Crippen LogP) is 4.70. The third kappa shape index (κ3) is 5.58. The first-order chi connectivity index (χ1) is 10.9. The number of carbonyl (C=O) groups is 2. The lowest BCUT2D eigenvalue weighted by atomic mass is 9.71. The van der Waals surface area contributed by atoms with Gasteiger partial charge in [-0.15, -0.1) is 0 Å². The van der Waals surface area contributed by atoms with E-state index in [0.717, 1.165) is 6.42 Å². The van der Waals surface area contributed by atoms with Gasteiger partial charge in [-0.25, -0.2) is 4.79 Å². The molecule has 0 heterocycles. The molecule has 0 aromatic heterocycles. The molecule has 5 nitrogen and oxygen atoms in total. The van der Waals surface area contributed by atoms with Crippen LogP contribution in [-0.4, -0.2) is 39.6 Å². The maximum atomic E-state index is 12.0. The molecule has 24 heavy (non-hydrogen) atoms. The minimum absolute atomic E-state index is 0.0295. The van der Waals surface area contributed by atoms with E-state index in [1.165, 1.54) is 0 Å². The van der Waals surface area contributed by atoms with Gasteiger partial charge < -0.3 is 13.9 Å². The number of hydrogen-bond acceptors (Lipinski definition) is 5. The fourth-order valence-electron chi connectivity index (χ4n) is 2.80. The normalized spacial score (nSPS) is 25.5. The first-order valence-corrected chi connectivity index (χ1v) is 11.8. The molecule has 0 aliphatic heterocycles. The van der Waals surface area contributed by atoms with Crippen molar-refractivity contribution in [1.29, 1.82) is 0 Å². The van der Waals surface area contributed by atoms with Crippen molar-refractivity contribution in [2.45, 2.75) is 84.5 Å². The van der Waals surface area contributed by atoms with Gasteiger partial charge in [0.05, 0.1) is 19.3 Å². The van der Waals surface area contributed by atoms with Crippen LogP contribution in [0.25, 0.3) is 0 Å². The van der Waals surface area contributed by atoms with Crippen molar-refractivity contribution in [2.24, 2.45) is 5.41 Å². The Morgan fingerprint density at radius 1 is 1.29 bits per heavy atom. The van der Waals surface area contributed by atoms with Gasteiger partial charge in [0.25, 0.3) is 0 Å². The van der Waals surface area contributed by atoms with Crippen LogP contribution in [0.1, 0.15) is 60.3 Å². The molecule has 0 aromatic carbocycles. The van der Waals surface area contributed by atoms with Crippen LogP contribution in [0.3, 0.4) is 0 Å². The molecule has 0 saturated heterocycles. The molecule has 0 aromatic rings. The van der Waals surface area contributed by atoms with Crippen LogP contribution in [-0.2, 0) is 18.7 Å². The summed E-state index contributed by atoms with van der Waals surface area (Å²) in [6.07, 6.45) is 1.80. The highest BCUT2D eigenvalue weighted by Crippen LogP contribution is 2.45. The Morgan fingerprint density at radius 3 is 2.46 bits per heavy atom. The summed E-state index contributed by atoms with van der Waals surface area (Å²) in [7, 11) is -1.92. The SMILES string of the molecule is CCOC(=O)OCC[C@@]1(C)CC(=O)CC[C@@H]1O[Si](C)(C)C(C)(C)C. The molecule has 1 aliphatic carbocycles. The summed E-state index contributed by atoms with van der Waals surface area (Å²) >= 11 is 0. The molecular formula is C18H34O5Si. The van der Waals surface area contributed by atoms with Crippen LogP contribution in [0.15, 0.2) is 0 Å². The summed E-state index contributed by atoms with van der Waals surface area (Å²) in [5.41, 5.74) is -0.294. The van der Waals surface area contributed by atoms with E-state index in [1.807, 2.05) is 0 Å². The number of Topliss-reactive ketones (excluding diaryl/α,β-unsaturated/α-hetero) is 1. The molecule has 6 heteroatoms. The molecule has 1 fully saturated rings. The highest BCUT2D eigenvalue weighted by Gasteiger charge is 2.46. The second-order valence-electron chi connectivity index (χ2n) is 8.56. The van der Waals surface area contributed by atoms with E-state index in [4.69, 9.17) is 13.9 Å². The van der Waals surface area contributed by atoms with E-state index >= 15 is 0 Å². The molecule has 1 saturated carbocycles. The molecule has 140 valence electrons. The Bertz CT molecular complexity index is 455. The zero-order valence-electron chi connectivity index (χ0n) is 16.4. The van der Waals surface area contributed by atoms with Crippen molar-refractivity contribution >= 4 is 20.3 Å². The molecule has 0 spiro atoms. The van der Waals surface area contributed by atoms with Gasteiger partial charge in [0, 0.05) is 18.3 Å². The number of ether oxygens (including phenoxy) is 2. The third-order valence-electron chi connectivity index (χ3n) is 5.46. The van der Waals surface area contributed by atoms with Crippen LogP contribution >= 0.6 is 0 Å². The van der Waals surface area contributed by atoms with Crippen LogP contribution in [0.4, 0.5) is 4.79 Å². The average molecular weight is 359 g/mol. The lowest BCUT2D eigenvalue weighted by Crippen LogP contribution is -2.51. The Hall–Kier alpha value is -0.883. The van der Waals surface area contributed by atoms with Crippen molar-refractivity contribution in [3.8, 4) is 0 Å². The zero-order chi connectivity index (χ0) is 18.6. The van der Waals surface area contributed by atoms with Gasteiger partial charge in [-0.2, -0.15) is 0 Å². The standard InChI is InChI=1S/C18H34O5Si/c1-8-21-16(20)22-12-11-18(5)13-14(19)9-10-15(18)23-24(6,7)17(2,3)4/h15H,8-13H2,1-7H3/t15-,18-/m0/s1. The smallest absolute Gasteiger partial charge is 0.435 e. The van der Waals surface area contributed by atoms with Gasteiger partial charge in [0.2, 0.25) is 0 Å². The molecule has 1 aliphatic rings. The molecule has 0 unspecified atom stereocenters. The fourth-order valence-corrected chi connectivity index (χ4v) is 4.27. The molecule has 0 N–H and O–H groups in total. The Morgan fingerprint density at radius 2 is 1.92 bits per heavy atom. The second-order valence-corrected chi connectivity index (χ2v) is 13.3. The van der Waals surface area contributed by atoms with Crippen LogP contribution in [0, 0.1) is 5.41 Å². The first-order valence-electron chi connectivity index (χ1n) is 8.90. The summed E-state index contributed by atoms with van der Waals surface area (Å²) in [5.74, 6) is 0.267. The lowest BCUT2D eigenvalue weighted by molar-refractivity contribution is -0.128. The molecule has 1 rings (SSSR count). The topological polar surface area (TPSA) is 61.8 Å². The Labute approximate surface area is 147 Å². The summed E-state index contributed by atoms with van der Waals surface area (Å²) < 4.78 is 16.5. The van der Waals surface area contributed by atoms with Gasteiger partial charge in [-0.3, -0.25) is 4.79 Å². The van der Waals surface area contributed by atoms with Crippen molar-refractivity contribution in [3.05, 3.63) is 0 Å². The largest absolute Gasteiger partial charge is 0.508 e. The van der Waals surface area contributed by atoms with Gasteiger partial charge in [-0.1, -0.05) is 27.7 Å². The van der Waals surface area contributed by atoms with Crippen LogP contribution in [0.2, 0.25) is 18.1 Å². The number of ketones is 1. The van der Waals surface area contributed by atoms with Gasteiger partial charge in [0.1, 0.15) is 5.78 Å². The summed E-state index contributed by atoms with van der Waals surface area (Å²) in [6.45, 7) is 15.5. The minimum Gasteiger partial charge on any atom is -0.435 e. The minimum atomic E-state index is -1.92. The van der Waals surface area contributed by atoms with Crippen LogP contribution < -0.4 is 0 Å². The van der Waals surface area contributed by atoms with Crippen molar-refractivity contribution < 1.29 is 23.5 Å².